The molecule has 24 heavy (non-hydrogen) atoms. The molecule has 0 unspecified atom stereocenters. The highest BCUT2D eigenvalue weighted by Crippen LogP contribution is 2.25. The fourth-order valence-electron chi connectivity index (χ4n) is 2.50. The summed E-state index contributed by atoms with van der Waals surface area (Å²) in [5.41, 5.74) is 9.64. The van der Waals surface area contributed by atoms with Gasteiger partial charge in [0, 0.05) is 7.05 Å². The van der Waals surface area contributed by atoms with Crippen molar-refractivity contribution in [1.82, 2.24) is 4.90 Å². The predicted octanol–water partition coefficient (Wildman–Crippen LogP) is 5.49. The molecule has 0 saturated heterocycles. The summed E-state index contributed by atoms with van der Waals surface area (Å²) < 4.78 is 0. The van der Waals surface area contributed by atoms with Crippen molar-refractivity contribution in [2.45, 2.75) is 41.5 Å². The quantitative estimate of drug-likeness (QED) is 0.540. The molecule has 0 aliphatic carbocycles. The van der Waals surface area contributed by atoms with E-state index in [4.69, 9.17) is 0 Å². The van der Waals surface area contributed by atoms with Gasteiger partial charge in [0.05, 0.1) is 24.1 Å². The van der Waals surface area contributed by atoms with Gasteiger partial charge >= 0.3 is 0 Å². The van der Waals surface area contributed by atoms with E-state index in [1.165, 1.54) is 33.4 Å². The van der Waals surface area contributed by atoms with Crippen molar-refractivity contribution in [3.05, 3.63) is 57.6 Å². The first-order valence-corrected chi connectivity index (χ1v) is 8.25. The van der Waals surface area contributed by atoms with Gasteiger partial charge in [-0.15, -0.1) is 0 Å². The summed E-state index contributed by atoms with van der Waals surface area (Å²) in [6.45, 7) is 12.7. The molecule has 0 atom stereocenters. The van der Waals surface area contributed by atoms with Crippen LogP contribution in [0.2, 0.25) is 0 Å². The van der Waals surface area contributed by atoms with E-state index in [1.54, 1.807) is 12.7 Å². The van der Waals surface area contributed by atoms with Crippen molar-refractivity contribution < 1.29 is 0 Å². The minimum absolute atomic E-state index is 1.00. The molecule has 0 spiro atoms. The Morgan fingerprint density at radius 1 is 0.625 bits per heavy atom. The van der Waals surface area contributed by atoms with Gasteiger partial charge in [-0.05, 0) is 87.1 Å². The average molecular weight is 321 g/mol. The zero-order chi connectivity index (χ0) is 17.9. The third kappa shape index (κ3) is 3.91. The highest BCUT2D eigenvalue weighted by atomic mass is 15.1. The van der Waals surface area contributed by atoms with Crippen LogP contribution in [0.1, 0.15) is 33.4 Å². The Hall–Kier alpha value is -2.42. The van der Waals surface area contributed by atoms with E-state index in [0.29, 0.717) is 0 Å². The maximum atomic E-state index is 4.58. The summed E-state index contributed by atoms with van der Waals surface area (Å²) >= 11 is 0. The molecule has 0 bridgehead atoms. The van der Waals surface area contributed by atoms with E-state index < -0.39 is 0 Å². The number of aryl methyl sites for hydroxylation is 2. The van der Waals surface area contributed by atoms with Crippen molar-refractivity contribution in [1.29, 1.82) is 0 Å². The van der Waals surface area contributed by atoms with Gasteiger partial charge in [0.25, 0.3) is 0 Å². The zero-order valence-corrected chi connectivity index (χ0v) is 15.8. The van der Waals surface area contributed by atoms with Gasteiger partial charge in [-0.3, -0.25) is 0 Å². The number of hydrogen-bond donors (Lipinski definition) is 0. The molecular formula is C21H27N3. The molecule has 0 fully saturated rings. The highest BCUT2D eigenvalue weighted by Gasteiger charge is 2.03. The molecular weight excluding hydrogens is 294 g/mol. The second-order valence-electron chi connectivity index (χ2n) is 6.46. The Balaban J connectivity index is 2.15. The number of rotatable bonds is 4. The first-order chi connectivity index (χ1) is 11.3. The van der Waals surface area contributed by atoms with Crippen molar-refractivity contribution in [3.8, 4) is 0 Å². The first-order valence-electron chi connectivity index (χ1n) is 8.25. The van der Waals surface area contributed by atoms with E-state index in [2.05, 4.69) is 75.8 Å². The lowest BCUT2D eigenvalue weighted by Gasteiger charge is -2.10. The fraction of sp³-hybridized carbons (Fsp3) is 0.333. The second kappa shape index (κ2) is 7.43. The molecule has 2 aromatic rings. The zero-order valence-electron chi connectivity index (χ0n) is 15.8. The van der Waals surface area contributed by atoms with Crippen LogP contribution in [0.5, 0.6) is 0 Å². The molecule has 3 nitrogen and oxygen atoms in total. The van der Waals surface area contributed by atoms with Crippen molar-refractivity contribution >= 4 is 24.1 Å². The van der Waals surface area contributed by atoms with Gasteiger partial charge < -0.3 is 4.90 Å². The molecule has 0 saturated carbocycles. The standard InChI is InChI=1S/C21H27N3/c1-14-8-10-20(18(5)16(14)3)22-12-24(7)13-23-21-11-9-15(2)17(4)19(21)6/h8-13H,1-7H3. The average Bonchev–Trinajstić information content (AvgIpc) is 2.56. The highest BCUT2D eigenvalue weighted by molar-refractivity contribution is 5.79. The van der Waals surface area contributed by atoms with Crippen molar-refractivity contribution in [2.75, 3.05) is 7.05 Å². The molecule has 0 aromatic heterocycles. The molecule has 0 radical (unpaired) electrons. The fourth-order valence-corrected chi connectivity index (χ4v) is 2.50. The SMILES string of the molecule is Cc1ccc(N=CN(C)C=Nc2ccc(C)c(C)c2C)c(C)c1C. The topological polar surface area (TPSA) is 28.0 Å². The minimum atomic E-state index is 1.00. The van der Waals surface area contributed by atoms with E-state index >= 15 is 0 Å². The molecule has 126 valence electrons. The Labute approximate surface area is 145 Å². The summed E-state index contributed by atoms with van der Waals surface area (Å²) in [6, 6.07) is 8.35. The number of benzene rings is 2. The monoisotopic (exact) mass is 321 g/mol. The third-order valence-corrected chi connectivity index (χ3v) is 4.82. The van der Waals surface area contributed by atoms with Gasteiger partial charge in [0.2, 0.25) is 0 Å². The molecule has 3 heteroatoms. The molecule has 0 aliphatic rings. The van der Waals surface area contributed by atoms with Gasteiger partial charge in [-0.25, -0.2) is 9.98 Å². The summed E-state index contributed by atoms with van der Waals surface area (Å²) in [5, 5.41) is 0. The largest absolute Gasteiger partial charge is 0.326 e. The van der Waals surface area contributed by atoms with Crippen LogP contribution in [0.15, 0.2) is 34.3 Å². The molecule has 0 heterocycles. The molecule has 0 amide bonds. The Kier molecular flexibility index (Phi) is 5.55. The van der Waals surface area contributed by atoms with E-state index in [-0.39, 0.29) is 0 Å². The Morgan fingerprint density at radius 2 is 1.00 bits per heavy atom. The summed E-state index contributed by atoms with van der Waals surface area (Å²) in [7, 11) is 1.94. The van der Waals surface area contributed by atoms with Crippen molar-refractivity contribution in [3.63, 3.8) is 0 Å². The van der Waals surface area contributed by atoms with Crippen LogP contribution in [0, 0.1) is 41.5 Å². The molecule has 2 rings (SSSR count). The van der Waals surface area contributed by atoms with Gasteiger partial charge in [0.15, 0.2) is 0 Å². The van der Waals surface area contributed by atoms with Crippen LogP contribution in [0.4, 0.5) is 11.4 Å². The van der Waals surface area contributed by atoms with Crippen molar-refractivity contribution in [2.24, 2.45) is 9.98 Å². The van der Waals surface area contributed by atoms with E-state index in [9.17, 15) is 0 Å². The van der Waals surface area contributed by atoms with Gasteiger partial charge in [-0.1, -0.05) is 12.1 Å². The number of nitrogens with zero attached hydrogens (tertiary/aromatic N) is 3. The number of aliphatic imine (C=N–C) groups is 2. The van der Waals surface area contributed by atoms with E-state index in [0.717, 1.165) is 11.4 Å². The lowest BCUT2D eigenvalue weighted by atomic mass is 10.0. The summed E-state index contributed by atoms with van der Waals surface area (Å²) in [4.78, 5) is 11.0. The Morgan fingerprint density at radius 3 is 1.38 bits per heavy atom. The molecule has 0 N–H and O–H groups in total. The maximum Gasteiger partial charge on any atom is 0.0961 e. The Bertz CT molecular complexity index is 734. The van der Waals surface area contributed by atoms with Crippen LogP contribution in [-0.2, 0) is 0 Å². The molecule has 0 aliphatic heterocycles. The van der Waals surface area contributed by atoms with Crippen LogP contribution in [0.3, 0.4) is 0 Å². The van der Waals surface area contributed by atoms with E-state index in [1.807, 2.05) is 11.9 Å². The maximum absolute atomic E-state index is 4.58. The smallest absolute Gasteiger partial charge is 0.0961 e. The van der Waals surface area contributed by atoms with Crippen LogP contribution in [-0.4, -0.2) is 24.6 Å². The van der Waals surface area contributed by atoms with Gasteiger partial charge in [-0.2, -0.15) is 0 Å². The van der Waals surface area contributed by atoms with Gasteiger partial charge in [0.1, 0.15) is 0 Å². The lowest BCUT2D eigenvalue weighted by molar-refractivity contribution is 0.801. The van der Waals surface area contributed by atoms with Crippen LogP contribution in [0.25, 0.3) is 0 Å². The van der Waals surface area contributed by atoms with Crippen LogP contribution < -0.4 is 0 Å². The van der Waals surface area contributed by atoms with Crippen LogP contribution >= 0.6 is 0 Å². The summed E-state index contributed by atoms with van der Waals surface area (Å²) in [6.07, 6.45) is 3.61. The molecule has 2 aromatic carbocycles. The number of hydrogen-bond acceptors (Lipinski definition) is 2. The summed E-state index contributed by atoms with van der Waals surface area (Å²) in [5.74, 6) is 0. The normalized spacial score (nSPS) is 11.6. The predicted molar refractivity (Wildman–Crippen MR) is 105 cm³/mol. The third-order valence-electron chi connectivity index (χ3n) is 4.82. The first kappa shape index (κ1) is 17.9. The second-order valence-corrected chi connectivity index (χ2v) is 6.46. The lowest BCUT2D eigenvalue weighted by Crippen LogP contribution is -2.12. The minimum Gasteiger partial charge on any atom is -0.326 e.